The van der Waals surface area contributed by atoms with Gasteiger partial charge in [-0.2, -0.15) is 0 Å². The zero-order valence-electron chi connectivity index (χ0n) is 5.80. The Balaban J connectivity index is 3.15. The van der Waals surface area contributed by atoms with Crippen molar-refractivity contribution in [3.8, 4) is 0 Å². The third-order valence-electron chi connectivity index (χ3n) is 0.885. The number of hydrogen-bond donors (Lipinski definition) is 1. The van der Waals surface area contributed by atoms with Crippen LogP contribution in [0.25, 0.3) is 0 Å². The average Bonchev–Trinajstić information content (AvgIpc) is 1.63. The minimum Gasteiger partial charge on any atom is -0.368 e. The van der Waals surface area contributed by atoms with Crippen LogP contribution < -0.4 is 0 Å². The smallest absolute Gasteiger partial charge is 0.155 e. The minimum atomic E-state index is -0.692. The lowest BCUT2D eigenvalue weighted by Gasteiger charge is -2.10. The Kier molecular flexibility index (Phi) is 5.15. The molecule has 0 bridgehead atoms. The summed E-state index contributed by atoms with van der Waals surface area (Å²) in [5, 5.41) is 8.89. The fourth-order valence-electron chi connectivity index (χ4n) is 0.538. The molecule has 0 saturated heterocycles. The van der Waals surface area contributed by atoms with Crippen molar-refractivity contribution in [2.75, 3.05) is 6.61 Å². The second kappa shape index (κ2) is 5.03. The van der Waals surface area contributed by atoms with Gasteiger partial charge in [-0.1, -0.05) is 0 Å². The summed E-state index contributed by atoms with van der Waals surface area (Å²) >= 11 is 5.57. The summed E-state index contributed by atoms with van der Waals surface area (Å²) in [6, 6.07) is 0. The third-order valence-corrected chi connectivity index (χ3v) is 1.06. The molecular weight excluding hydrogens is 140 g/mol. The molecule has 0 aromatic carbocycles. The highest BCUT2D eigenvalue weighted by atomic mass is 35.5. The molecule has 2 nitrogen and oxygen atoms in total. The number of hydrogen-bond acceptors (Lipinski definition) is 2. The Morgan fingerprint density at radius 2 is 2.22 bits per heavy atom. The lowest BCUT2D eigenvalue weighted by molar-refractivity contribution is -0.0979. The summed E-state index contributed by atoms with van der Waals surface area (Å²) < 4.78 is 4.82. The van der Waals surface area contributed by atoms with Crippen molar-refractivity contribution in [1.82, 2.24) is 0 Å². The van der Waals surface area contributed by atoms with Crippen LogP contribution in [0.2, 0.25) is 0 Å². The standard InChI is InChI=1S/C6H13ClO2/c1-3-9-6(8)4-5(2)7/h5-6,8H,3-4H2,1-2H3. The molecule has 0 rings (SSSR count). The summed E-state index contributed by atoms with van der Waals surface area (Å²) in [5.41, 5.74) is 0. The molecule has 0 aromatic heterocycles. The van der Waals surface area contributed by atoms with Gasteiger partial charge in [-0.25, -0.2) is 0 Å². The van der Waals surface area contributed by atoms with Crippen LogP contribution in [-0.2, 0) is 4.74 Å². The van der Waals surface area contributed by atoms with Crippen molar-refractivity contribution in [2.45, 2.75) is 31.9 Å². The van der Waals surface area contributed by atoms with Crippen LogP contribution in [0.1, 0.15) is 20.3 Å². The molecule has 56 valence electrons. The predicted octanol–water partition coefficient (Wildman–Crippen LogP) is 1.36. The number of ether oxygens (including phenoxy) is 1. The van der Waals surface area contributed by atoms with Gasteiger partial charge in [0.15, 0.2) is 6.29 Å². The largest absolute Gasteiger partial charge is 0.368 e. The Hall–Kier alpha value is 0.210. The Morgan fingerprint density at radius 3 is 2.56 bits per heavy atom. The molecular formula is C6H13ClO2. The van der Waals surface area contributed by atoms with Gasteiger partial charge in [0, 0.05) is 18.4 Å². The molecule has 9 heavy (non-hydrogen) atoms. The van der Waals surface area contributed by atoms with E-state index in [1.165, 1.54) is 0 Å². The Morgan fingerprint density at radius 1 is 1.67 bits per heavy atom. The van der Waals surface area contributed by atoms with E-state index in [9.17, 15) is 0 Å². The van der Waals surface area contributed by atoms with Crippen LogP contribution in [0.15, 0.2) is 0 Å². The highest BCUT2D eigenvalue weighted by Gasteiger charge is 2.05. The van der Waals surface area contributed by atoms with Crippen molar-refractivity contribution in [3.05, 3.63) is 0 Å². The normalized spacial score (nSPS) is 17.3. The molecule has 0 spiro atoms. The van der Waals surface area contributed by atoms with Gasteiger partial charge >= 0.3 is 0 Å². The van der Waals surface area contributed by atoms with Crippen molar-refractivity contribution < 1.29 is 9.84 Å². The maximum Gasteiger partial charge on any atom is 0.155 e. The molecule has 1 N–H and O–H groups in total. The molecule has 0 aliphatic carbocycles. The monoisotopic (exact) mass is 152 g/mol. The molecule has 0 fully saturated rings. The molecule has 3 heteroatoms. The molecule has 0 aliphatic heterocycles. The summed E-state index contributed by atoms with van der Waals surface area (Å²) in [6.07, 6.45) is -0.197. The first-order chi connectivity index (χ1) is 4.16. The molecule has 0 aromatic rings. The fraction of sp³-hybridized carbons (Fsp3) is 1.00. The number of rotatable bonds is 4. The van der Waals surface area contributed by atoms with E-state index in [4.69, 9.17) is 21.4 Å². The van der Waals surface area contributed by atoms with E-state index in [1.54, 1.807) is 0 Å². The number of aliphatic hydroxyl groups excluding tert-OH is 1. The van der Waals surface area contributed by atoms with Gasteiger partial charge in [0.25, 0.3) is 0 Å². The molecule has 0 aliphatic rings. The van der Waals surface area contributed by atoms with E-state index in [2.05, 4.69) is 0 Å². The van der Waals surface area contributed by atoms with Gasteiger partial charge in [-0.3, -0.25) is 0 Å². The first-order valence-electron chi connectivity index (χ1n) is 3.10. The predicted molar refractivity (Wildman–Crippen MR) is 37.6 cm³/mol. The number of alkyl halides is 1. The first-order valence-corrected chi connectivity index (χ1v) is 3.54. The van der Waals surface area contributed by atoms with Crippen LogP contribution >= 0.6 is 11.6 Å². The van der Waals surface area contributed by atoms with Gasteiger partial charge in [0.2, 0.25) is 0 Å². The lowest BCUT2D eigenvalue weighted by Crippen LogP contribution is -2.15. The van der Waals surface area contributed by atoms with Gasteiger partial charge in [0.05, 0.1) is 0 Å². The van der Waals surface area contributed by atoms with Gasteiger partial charge in [0.1, 0.15) is 0 Å². The van der Waals surface area contributed by atoms with Crippen LogP contribution in [0, 0.1) is 0 Å². The summed E-state index contributed by atoms with van der Waals surface area (Å²) in [7, 11) is 0. The van der Waals surface area contributed by atoms with Crippen LogP contribution in [0.3, 0.4) is 0 Å². The maximum absolute atomic E-state index is 8.91. The van der Waals surface area contributed by atoms with Crippen molar-refractivity contribution in [2.24, 2.45) is 0 Å². The van der Waals surface area contributed by atoms with E-state index in [1.807, 2.05) is 13.8 Å². The molecule has 0 saturated carbocycles. The van der Waals surface area contributed by atoms with Crippen LogP contribution in [0.5, 0.6) is 0 Å². The van der Waals surface area contributed by atoms with E-state index >= 15 is 0 Å². The van der Waals surface area contributed by atoms with E-state index in [0.29, 0.717) is 13.0 Å². The van der Waals surface area contributed by atoms with E-state index in [0.717, 1.165) is 0 Å². The second-order valence-corrected chi connectivity index (χ2v) is 2.67. The zero-order valence-corrected chi connectivity index (χ0v) is 6.56. The van der Waals surface area contributed by atoms with Gasteiger partial charge in [-0.05, 0) is 13.8 Å². The van der Waals surface area contributed by atoms with E-state index < -0.39 is 6.29 Å². The molecule has 2 unspecified atom stereocenters. The van der Waals surface area contributed by atoms with Gasteiger partial charge < -0.3 is 9.84 Å². The van der Waals surface area contributed by atoms with Crippen LogP contribution in [0.4, 0.5) is 0 Å². The highest BCUT2D eigenvalue weighted by molar-refractivity contribution is 6.20. The van der Waals surface area contributed by atoms with Crippen molar-refractivity contribution in [1.29, 1.82) is 0 Å². The molecule has 2 atom stereocenters. The minimum absolute atomic E-state index is 0.0217. The zero-order chi connectivity index (χ0) is 7.28. The van der Waals surface area contributed by atoms with Crippen molar-refractivity contribution >= 4 is 11.6 Å². The summed E-state index contributed by atoms with van der Waals surface area (Å²) in [4.78, 5) is 0. The molecule has 0 amide bonds. The number of halogens is 1. The quantitative estimate of drug-likeness (QED) is 0.487. The summed E-state index contributed by atoms with van der Waals surface area (Å²) in [5.74, 6) is 0. The Bertz CT molecular complexity index is 66.1. The Labute approximate surface area is 60.8 Å². The first kappa shape index (κ1) is 9.21. The fourth-order valence-corrected chi connectivity index (χ4v) is 0.691. The topological polar surface area (TPSA) is 29.5 Å². The SMILES string of the molecule is CCOC(O)CC(C)Cl. The molecule has 0 radical (unpaired) electrons. The maximum atomic E-state index is 8.91. The number of aliphatic hydroxyl groups is 1. The van der Waals surface area contributed by atoms with Crippen molar-refractivity contribution in [3.63, 3.8) is 0 Å². The van der Waals surface area contributed by atoms with E-state index in [-0.39, 0.29) is 5.38 Å². The lowest BCUT2D eigenvalue weighted by atomic mass is 10.3. The van der Waals surface area contributed by atoms with Gasteiger partial charge in [-0.15, -0.1) is 11.6 Å². The highest BCUT2D eigenvalue weighted by Crippen LogP contribution is 2.04. The third kappa shape index (κ3) is 6.09. The summed E-state index contributed by atoms with van der Waals surface area (Å²) in [6.45, 7) is 4.19. The molecule has 0 heterocycles. The second-order valence-electron chi connectivity index (χ2n) is 1.93. The van der Waals surface area contributed by atoms with Crippen LogP contribution in [-0.4, -0.2) is 23.4 Å². The average molecular weight is 153 g/mol.